The first kappa shape index (κ1) is 30.4. The van der Waals surface area contributed by atoms with Gasteiger partial charge in [0.2, 0.25) is 0 Å². The van der Waals surface area contributed by atoms with E-state index in [-0.39, 0.29) is 74.7 Å². The number of ether oxygens (including phenoxy) is 2. The van der Waals surface area contributed by atoms with Gasteiger partial charge < -0.3 is 25.6 Å². The van der Waals surface area contributed by atoms with Gasteiger partial charge >= 0.3 is 18.4 Å². The molecule has 2 aromatic carbocycles. The van der Waals surface area contributed by atoms with Gasteiger partial charge in [-0.3, -0.25) is 4.90 Å². The van der Waals surface area contributed by atoms with Gasteiger partial charge in [0, 0.05) is 62.4 Å². The van der Waals surface area contributed by atoms with Crippen molar-refractivity contribution in [1.29, 1.82) is 0 Å². The van der Waals surface area contributed by atoms with Crippen LogP contribution in [-0.4, -0.2) is 49.6 Å². The zero-order valence-corrected chi connectivity index (χ0v) is 23.0. The Hall–Kier alpha value is -1.82. The molecule has 3 N–H and O–H groups in total. The predicted molar refractivity (Wildman–Crippen MR) is 110 cm³/mol. The van der Waals surface area contributed by atoms with Crippen molar-refractivity contribution in [2.45, 2.75) is 24.6 Å². The Morgan fingerprint density at radius 2 is 1.72 bits per heavy atom. The minimum absolute atomic E-state index is 0. The summed E-state index contributed by atoms with van der Waals surface area (Å²) in [6, 6.07) is 4.42. The summed E-state index contributed by atoms with van der Waals surface area (Å²) in [5.74, 6) is -1.20. The molecule has 1 aliphatic heterocycles. The second-order valence-electron chi connectivity index (χ2n) is 7.58. The number of benzene rings is 2. The number of carbonyl (C=O) groups is 1. The van der Waals surface area contributed by atoms with Gasteiger partial charge in [0.15, 0.2) is 11.6 Å². The van der Waals surface area contributed by atoms with E-state index in [1.165, 1.54) is 12.1 Å². The first-order valence-corrected chi connectivity index (χ1v) is 10.0. The molecule has 1 saturated heterocycles. The minimum Gasteiger partial charge on any atom is -0.674 e. The van der Waals surface area contributed by atoms with Gasteiger partial charge in [0.1, 0.15) is 18.8 Å². The van der Waals surface area contributed by atoms with Crippen molar-refractivity contribution in [3.8, 4) is 5.75 Å². The molecule has 1 fully saturated rings. The Labute approximate surface area is 236 Å². The van der Waals surface area contributed by atoms with Crippen LogP contribution in [0, 0.1) is 49.9 Å². The Bertz CT molecular complexity index is 1040. The van der Waals surface area contributed by atoms with Crippen molar-refractivity contribution in [1.82, 2.24) is 0 Å². The Morgan fingerprint density at radius 1 is 1.11 bits per heavy atom. The summed E-state index contributed by atoms with van der Waals surface area (Å²) in [5, 5.41) is 12.3. The molecule has 1 heterocycles. The number of nitrogens with one attached hydrogen (secondary N) is 2. The quantitative estimate of drug-likeness (QED) is 0.369. The number of amides is 1. The second kappa shape index (κ2) is 12.2. The van der Waals surface area contributed by atoms with Crippen LogP contribution in [0.25, 0.3) is 5.73 Å². The molecule has 1 radical (unpaired) electrons. The Balaban J connectivity index is 0.00000456. The van der Waals surface area contributed by atoms with Gasteiger partial charge in [0.25, 0.3) is 0 Å². The minimum atomic E-state index is -5.02. The van der Waals surface area contributed by atoms with E-state index >= 15 is 0 Å². The fraction of sp³-hybridized carbons (Fsp3) is 0.381. The molecule has 0 bridgehead atoms. The molecule has 0 saturated carbocycles. The first-order valence-electron chi connectivity index (χ1n) is 10.0. The standard InChI is InChI=1S/C21H19F7N3O4.Ac/c22-17-6-14(31-9-16(7-29)35-19(31)33)1-2-18(17)34-10-15(32)8-30-13-4-11(20(23,24)25)3-12(5-13)21(26,27)28;/h1-6,15-16,29-30,32H,7-10H2;/q-1;/t15?,16-;/m0./s1. The Kier molecular flexibility index (Phi) is 10.3. The van der Waals surface area contributed by atoms with E-state index in [2.05, 4.69) is 5.32 Å². The number of aliphatic hydroxyl groups is 1. The van der Waals surface area contributed by atoms with Gasteiger partial charge in [-0.05, 0) is 30.3 Å². The summed E-state index contributed by atoms with van der Waals surface area (Å²) in [6.07, 6.45) is -12.8. The average molecular weight is 737 g/mol. The maximum absolute atomic E-state index is 14.4. The summed E-state index contributed by atoms with van der Waals surface area (Å²) in [6.45, 7) is -1.12. The van der Waals surface area contributed by atoms with E-state index in [0.717, 1.165) is 11.0 Å². The third-order valence-electron chi connectivity index (χ3n) is 4.89. The number of anilines is 2. The smallest absolute Gasteiger partial charge is 0.416 e. The van der Waals surface area contributed by atoms with Crippen LogP contribution in [0.15, 0.2) is 36.4 Å². The number of aliphatic hydroxyl groups excluding tert-OH is 1. The molecule has 2 atom stereocenters. The van der Waals surface area contributed by atoms with Crippen LogP contribution in [0.2, 0.25) is 0 Å². The molecule has 0 aliphatic carbocycles. The maximum Gasteiger partial charge on any atom is 0.416 e. The molecule has 0 aromatic heterocycles. The Morgan fingerprint density at radius 3 is 2.22 bits per heavy atom. The van der Waals surface area contributed by atoms with Crippen molar-refractivity contribution in [3.05, 3.63) is 59.1 Å². The molecule has 15 heteroatoms. The molecule has 1 amide bonds. The average Bonchev–Trinajstić information content (AvgIpc) is 3.16. The summed E-state index contributed by atoms with van der Waals surface area (Å²) in [5.41, 5.74) is 3.85. The third kappa shape index (κ3) is 7.84. The molecule has 0 spiro atoms. The van der Waals surface area contributed by atoms with Crippen LogP contribution in [-0.2, 0) is 17.1 Å². The fourth-order valence-electron chi connectivity index (χ4n) is 3.15. The predicted octanol–water partition coefficient (Wildman–Crippen LogP) is 5.09. The third-order valence-corrected chi connectivity index (χ3v) is 4.89. The summed E-state index contributed by atoms with van der Waals surface area (Å²) in [4.78, 5) is 12.9. The fourth-order valence-corrected chi connectivity index (χ4v) is 3.15. The van der Waals surface area contributed by atoms with Gasteiger partial charge in [0.05, 0.1) is 23.4 Å². The van der Waals surface area contributed by atoms with E-state index in [4.69, 9.17) is 15.2 Å². The van der Waals surface area contributed by atoms with Crippen LogP contribution in [0.1, 0.15) is 11.1 Å². The number of rotatable bonds is 8. The maximum atomic E-state index is 14.4. The molecule has 36 heavy (non-hydrogen) atoms. The monoisotopic (exact) mass is 737 g/mol. The molecule has 7 nitrogen and oxygen atoms in total. The van der Waals surface area contributed by atoms with Gasteiger partial charge in [-0.1, -0.05) is 0 Å². The van der Waals surface area contributed by atoms with Gasteiger partial charge in [-0.2, -0.15) is 26.3 Å². The number of carbonyl (C=O) groups excluding carboxylic acids is 1. The number of hydrogen-bond donors (Lipinski definition) is 2. The molecular formula is C21H19AcF7N3O4-. The van der Waals surface area contributed by atoms with E-state index in [9.17, 15) is 40.6 Å². The molecule has 3 rings (SSSR count). The zero-order valence-electron chi connectivity index (χ0n) is 18.3. The van der Waals surface area contributed by atoms with E-state index < -0.39 is 66.4 Å². The normalized spacial score (nSPS) is 16.9. The number of cyclic esters (lactones) is 1. The first-order chi connectivity index (χ1) is 16.3. The molecule has 1 aliphatic rings. The van der Waals surface area contributed by atoms with E-state index in [1.54, 1.807) is 0 Å². The topological polar surface area (TPSA) is 94.8 Å². The van der Waals surface area contributed by atoms with E-state index in [1.807, 2.05) is 0 Å². The van der Waals surface area contributed by atoms with E-state index in [0.29, 0.717) is 12.1 Å². The summed E-state index contributed by atoms with van der Waals surface area (Å²) < 4.78 is 102. The summed E-state index contributed by atoms with van der Waals surface area (Å²) in [7, 11) is 0. The van der Waals surface area contributed by atoms with Crippen LogP contribution < -0.4 is 15.0 Å². The van der Waals surface area contributed by atoms with Crippen LogP contribution in [0.5, 0.6) is 5.75 Å². The number of alkyl halides is 6. The number of hydrogen-bond acceptors (Lipinski definition) is 5. The molecule has 2 aromatic rings. The largest absolute Gasteiger partial charge is 0.674 e. The van der Waals surface area contributed by atoms with Gasteiger partial charge in [-0.15, -0.1) is 6.54 Å². The van der Waals surface area contributed by atoms with Crippen LogP contribution in [0.4, 0.5) is 46.9 Å². The molecule has 195 valence electrons. The summed E-state index contributed by atoms with van der Waals surface area (Å²) >= 11 is 0. The zero-order chi connectivity index (χ0) is 26.0. The number of halogens is 7. The van der Waals surface area contributed by atoms with Crippen LogP contribution >= 0.6 is 0 Å². The van der Waals surface area contributed by atoms with Gasteiger partial charge in [-0.25, -0.2) is 9.18 Å². The van der Waals surface area contributed by atoms with Crippen LogP contribution in [0.3, 0.4) is 0 Å². The van der Waals surface area contributed by atoms with Crippen molar-refractivity contribution in [2.24, 2.45) is 0 Å². The second-order valence-corrected chi connectivity index (χ2v) is 7.58. The van der Waals surface area contributed by atoms with Crippen molar-refractivity contribution in [3.63, 3.8) is 0 Å². The van der Waals surface area contributed by atoms with Crippen molar-refractivity contribution < 1.29 is 94.2 Å². The van der Waals surface area contributed by atoms with Crippen molar-refractivity contribution >= 4 is 17.5 Å². The molecular weight excluding hydrogens is 718 g/mol. The SMILES string of the molecule is [Ac].[NH-]C[C@H]1CN(c2ccc(OCC(O)CNc3cc(C(F)(F)F)cc(C(F)(F)F)c3)c(F)c2)C(=O)O1. The number of nitrogens with zero attached hydrogens (tertiary/aromatic N) is 1. The molecule has 1 unspecified atom stereocenters. The van der Waals surface area contributed by atoms with Crippen molar-refractivity contribution in [2.75, 3.05) is 36.5 Å².